The summed E-state index contributed by atoms with van der Waals surface area (Å²) >= 11 is 0. The van der Waals surface area contributed by atoms with E-state index in [4.69, 9.17) is 0 Å². The summed E-state index contributed by atoms with van der Waals surface area (Å²) in [5, 5.41) is 6.44. The molecule has 116 valence electrons. The van der Waals surface area contributed by atoms with Crippen molar-refractivity contribution in [3.05, 3.63) is 29.8 Å². The molecule has 2 N–H and O–H groups in total. The first kappa shape index (κ1) is 16.0. The van der Waals surface area contributed by atoms with Crippen LogP contribution in [-0.2, 0) is 10.2 Å². The second-order valence-corrected chi connectivity index (χ2v) is 7.52. The summed E-state index contributed by atoms with van der Waals surface area (Å²) in [5.74, 6) is 0.479. The monoisotopic (exact) mass is 288 g/mol. The molecule has 1 aromatic rings. The van der Waals surface area contributed by atoms with Crippen molar-refractivity contribution in [2.45, 2.75) is 46.5 Å². The third kappa shape index (κ3) is 3.29. The number of nitrogens with one attached hydrogen (secondary N) is 2. The molecule has 0 saturated carbocycles. The SMILES string of the molecule is CC(C)C1(C(=O)Nc2ccc(C(C)(C)C)cc2)CCNC1. The number of rotatable bonds is 3. The van der Waals surface area contributed by atoms with Gasteiger partial charge in [0.2, 0.25) is 5.91 Å². The lowest BCUT2D eigenvalue weighted by atomic mass is 9.75. The van der Waals surface area contributed by atoms with Gasteiger partial charge in [-0.3, -0.25) is 4.79 Å². The summed E-state index contributed by atoms with van der Waals surface area (Å²) in [5.41, 5.74) is 2.03. The number of carbonyl (C=O) groups is 1. The van der Waals surface area contributed by atoms with Gasteiger partial charge < -0.3 is 10.6 Å². The fourth-order valence-electron chi connectivity index (χ4n) is 2.97. The first-order valence-electron chi connectivity index (χ1n) is 7.88. The molecular weight excluding hydrogens is 260 g/mol. The molecule has 2 rings (SSSR count). The lowest BCUT2D eigenvalue weighted by molar-refractivity contribution is -0.126. The largest absolute Gasteiger partial charge is 0.326 e. The third-order valence-corrected chi connectivity index (χ3v) is 4.75. The summed E-state index contributed by atoms with van der Waals surface area (Å²) < 4.78 is 0. The van der Waals surface area contributed by atoms with E-state index in [1.54, 1.807) is 0 Å². The Morgan fingerprint density at radius 1 is 1.24 bits per heavy atom. The van der Waals surface area contributed by atoms with Gasteiger partial charge >= 0.3 is 0 Å². The molecule has 1 aromatic carbocycles. The minimum atomic E-state index is -0.275. The molecule has 21 heavy (non-hydrogen) atoms. The van der Waals surface area contributed by atoms with E-state index < -0.39 is 0 Å². The van der Waals surface area contributed by atoms with Crippen LogP contribution < -0.4 is 10.6 Å². The van der Waals surface area contributed by atoms with Crippen LogP contribution in [0.2, 0.25) is 0 Å². The Hall–Kier alpha value is -1.35. The van der Waals surface area contributed by atoms with Gasteiger partial charge in [-0.25, -0.2) is 0 Å². The molecular formula is C18H28N2O. The lowest BCUT2D eigenvalue weighted by Gasteiger charge is -2.31. The molecule has 0 radical (unpaired) electrons. The van der Waals surface area contributed by atoms with Gasteiger partial charge in [-0.15, -0.1) is 0 Å². The quantitative estimate of drug-likeness (QED) is 0.893. The normalized spacial score (nSPS) is 22.6. The number of hydrogen-bond acceptors (Lipinski definition) is 2. The van der Waals surface area contributed by atoms with Crippen LogP contribution in [0.3, 0.4) is 0 Å². The lowest BCUT2D eigenvalue weighted by Crippen LogP contribution is -2.42. The van der Waals surface area contributed by atoms with Crippen molar-refractivity contribution in [3.63, 3.8) is 0 Å². The first-order chi connectivity index (χ1) is 9.75. The third-order valence-electron chi connectivity index (χ3n) is 4.75. The Labute approximate surface area is 128 Å². The van der Waals surface area contributed by atoms with E-state index in [0.29, 0.717) is 5.92 Å². The predicted molar refractivity (Wildman–Crippen MR) is 88.5 cm³/mol. The fourth-order valence-corrected chi connectivity index (χ4v) is 2.97. The highest BCUT2D eigenvalue weighted by Crippen LogP contribution is 2.35. The summed E-state index contributed by atoms with van der Waals surface area (Å²) in [4.78, 5) is 12.7. The van der Waals surface area contributed by atoms with Crippen LogP contribution >= 0.6 is 0 Å². The van der Waals surface area contributed by atoms with Crippen molar-refractivity contribution in [2.24, 2.45) is 11.3 Å². The van der Waals surface area contributed by atoms with Gasteiger partial charge in [-0.2, -0.15) is 0 Å². The zero-order chi connectivity index (χ0) is 15.7. The van der Waals surface area contributed by atoms with Crippen molar-refractivity contribution in [1.82, 2.24) is 5.32 Å². The number of hydrogen-bond donors (Lipinski definition) is 2. The van der Waals surface area contributed by atoms with Crippen molar-refractivity contribution < 1.29 is 4.79 Å². The summed E-state index contributed by atoms with van der Waals surface area (Å²) in [6.07, 6.45) is 0.913. The summed E-state index contributed by atoms with van der Waals surface area (Å²) in [7, 11) is 0. The van der Waals surface area contributed by atoms with E-state index in [2.05, 4.69) is 57.4 Å². The van der Waals surface area contributed by atoms with Gasteiger partial charge in [-0.05, 0) is 42.0 Å². The Morgan fingerprint density at radius 3 is 2.29 bits per heavy atom. The zero-order valence-electron chi connectivity index (χ0n) is 13.9. The molecule has 1 saturated heterocycles. The van der Waals surface area contributed by atoms with Gasteiger partial charge in [-0.1, -0.05) is 46.8 Å². The van der Waals surface area contributed by atoms with Gasteiger partial charge in [0.15, 0.2) is 0 Å². The first-order valence-corrected chi connectivity index (χ1v) is 7.88. The molecule has 1 amide bonds. The number of amides is 1. The molecule has 0 spiro atoms. The van der Waals surface area contributed by atoms with Crippen LogP contribution in [0.5, 0.6) is 0 Å². The van der Waals surface area contributed by atoms with Crippen molar-refractivity contribution in [1.29, 1.82) is 0 Å². The van der Waals surface area contributed by atoms with Gasteiger partial charge in [0, 0.05) is 12.2 Å². The second kappa shape index (κ2) is 5.80. The molecule has 1 fully saturated rings. The van der Waals surface area contributed by atoms with Crippen LogP contribution in [0.4, 0.5) is 5.69 Å². The molecule has 1 heterocycles. The number of anilines is 1. The Morgan fingerprint density at radius 2 is 1.86 bits per heavy atom. The Kier molecular flexibility index (Phi) is 4.43. The Balaban J connectivity index is 2.12. The van der Waals surface area contributed by atoms with Gasteiger partial charge in [0.25, 0.3) is 0 Å². The molecule has 1 aliphatic rings. The Bertz CT molecular complexity index is 491. The summed E-state index contributed by atoms with van der Waals surface area (Å²) in [6, 6.07) is 8.22. The van der Waals surface area contributed by atoms with Crippen LogP contribution in [0.25, 0.3) is 0 Å². The number of carbonyl (C=O) groups excluding carboxylic acids is 1. The van der Waals surface area contributed by atoms with E-state index in [1.165, 1.54) is 5.56 Å². The fraction of sp³-hybridized carbons (Fsp3) is 0.611. The average molecular weight is 288 g/mol. The van der Waals surface area contributed by atoms with E-state index >= 15 is 0 Å². The summed E-state index contributed by atoms with van der Waals surface area (Å²) in [6.45, 7) is 12.5. The molecule has 1 unspecified atom stereocenters. The van der Waals surface area contributed by atoms with Gasteiger partial charge in [0.05, 0.1) is 5.41 Å². The highest BCUT2D eigenvalue weighted by molar-refractivity contribution is 5.96. The minimum Gasteiger partial charge on any atom is -0.326 e. The minimum absolute atomic E-state index is 0.136. The molecule has 0 aliphatic carbocycles. The van der Waals surface area contributed by atoms with Crippen molar-refractivity contribution >= 4 is 11.6 Å². The van der Waals surface area contributed by atoms with Crippen LogP contribution in [0.1, 0.15) is 46.6 Å². The smallest absolute Gasteiger partial charge is 0.232 e. The zero-order valence-corrected chi connectivity index (χ0v) is 13.9. The van der Waals surface area contributed by atoms with Gasteiger partial charge in [0.1, 0.15) is 0 Å². The van der Waals surface area contributed by atoms with E-state index in [0.717, 1.165) is 25.2 Å². The number of benzene rings is 1. The van der Waals surface area contributed by atoms with Crippen LogP contribution in [0, 0.1) is 11.3 Å². The van der Waals surface area contributed by atoms with Crippen LogP contribution in [-0.4, -0.2) is 19.0 Å². The maximum Gasteiger partial charge on any atom is 0.232 e. The highest BCUT2D eigenvalue weighted by atomic mass is 16.2. The molecule has 0 bridgehead atoms. The molecule has 1 atom stereocenters. The molecule has 1 aliphatic heterocycles. The molecule has 0 aromatic heterocycles. The molecule has 3 heteroatoms. The van der Waals surface area contributed by atoms with E-state index in [1.807, 2.05) is 12.1 Å². The van der Waals surface area contributed by atoms with Crippen molar-refractivity contribution in [3.8, 4) is 0 Å². The highest BCUT2D eigenvalue weighted by Gasteiger charge is 2.43. The van der Waals surface area contributed by atoms with E-state index in [-0.39, 0.29) is 16.7 Å². The standard InChI is InChI=1S/C18H28N2O/c1-13(2)18(10-11-19-12-18)16(21)20-15-8-6-14(7-9-15)17(3,4)5/h6-9,13,19H,10-12H2,1-5H3,(H,20,21). The topological polar surface area (TPSA) is 41.1 Å². The average Bonchev–Trinajstić information content (AvgIpc) is 2.89. The maximum absolute atomic E-state index is 12.7. The maximum atomic E-state index is 12.7. The molecule has 3 nitrogen and oxygen atoms in total. The second-order valence-electron chi connectivity index (χ2n) is 7.52. The van der Waals surface area contributed by atoms with Crippen LogP contribution in [0.15, 0.2) is 24.3 Å². The van der Waals surface area contributed by atoms with Crippen molar-refractivity contribution in [2.75, 3.05) is 18.4 Å². The van der Waals surface area contributed by atoms with E-state index in [9.17, 15) is 4.79 Å². The predicted octanol–water partition coefficient (Wildman–Crippen LogP) is 3.56.